The van der Waals surface area contributed by atoms with Crippen LogP contribution >= 0.6 is 0 Å². The highest BCUT2D eigenvalue weighted by molar-refractivity contribution is 5.98. The van der Waals surface area contributed by atoms with Crippen molar-refractivity contribution in [3.8, 4) is 0 Å². The molecule has 24 heavy (non-hydrogen) atoms. The van der Waals surface area contributed by atoms with Gasteiger partial charge in [0.25, 0.3) is 5.91 Å². The van der Waals surface area contributed by atoms with Gasteiger partial charge >= 0.3 is 0 Å². The molecule has 0 atom stereocenters. The van der Waals surface area contributed by atoms with Crippen LogP contribution in [0.3, 0.4) is 0 Å². The van der Waals surface area contributed by atoms with E-state index in [4.69, 9.17) is 5.73 Å². The van der Waals surface area contributed by atoms with Crippen LogP contribution in [-0.2, 0) is 12.8 Å². The third-order valence-corrected chi connectivity index (χ3v) is 4.31. The van der Waals surface area contributed by atoms with E-state index in [9.17, 15) is 9.59 Å². The van der Waals surface area contributed by atoms with Crippen LogP contribution in [0.2, 0.25) is 0 Å². The topological polar surface area (TPSA) is 76.3 Å². The summed E-state index contributed by atoms with van der Waals surface area (Å²) in [5.74, 6) is -0.692. The molecule has 1 aromatic carbocycles. The third-order valence-electron chi connectivity index (χ3n) is 4.31. The number of carbonyl (C=O) groups excluding carboxylic acids is 2. The number of nitrogens with two attached hydrogens (primary N) is 1. The predicted octanol–water partition coefficient (Wildman–Crippen LogP) is 2.20. The molecule has 1 aliphatic rings. The van der Waals surface area contributed by atoms with Gasteiger partial charge in [-0.2, -0.15) is 0 Å². The number of aromatic nitrogens is 1. The minimum atomic E-state index is -0.540. The van der Waals surface area contributed by atoms with Crippen molar-refractivity contribution in [2.24, 2.45) is 5.73 Å². The van der Waals surface area contributed by atoms with Gasteiger partial charge in [0.15, 0.2) is 0 Å². The lowest BCUT2D eigenvalue weighted by Crippen LogP contribution is -2.30. The molecule has 5 heteroatoms. The Morgan fingerprint density at radius 3 is 2.50 bits per heavy atom. The van der Waals surface area contributed by atoms with Crippen LogP contribution in [0.4, 0.5) is 0 Å². The molecule has 1 saturated carbocycles. The highest BCUT2D eigenvalue weighted by Crippen LogP contribution is 2.26. The normalized spacial score (nSPS) is 13.5. The molecule has 3 rings (SSSR count). The van der Waals surface area contributed by atoms with Gasteiger partial charge in [0.05, 0.1) is 0 Å². The summed E-state index contributed by atoms with van der Waals surface area (Å²) < 4.78 is 0. The van der Waals surface area contributed by atoms with E-state index in [-0.39, 0.29) is 5.91 Å². The molecule has 1 heterocycles. The van der Waals surface area contributed by atoms with Crippen LogP contribution in [0.15, 0.2) is 42.5 Å². The molecule has 0 bridgehead atoms. The number of hydrogen-bond acceptors (Lipinski definition) is 3. The van der Waals surface area contributed by atoms with E-state index in [1.165, 1.54) is 11.6 Å². The van der Waals surface area contributed by atoms with Crippen LogP contribution in [-0.4, -0.2) is 34.8 Å². The van der Waals surface area contributed by atoms with Gasteiger partial charge in [0, 0.05) is 24.3 Å². The van der Waals surface area contributed by atoms with E-state index >= 15 is 0 Å². The van der Waals surface area contributed by atoms with Crippen molar-refractivity contribution in [1.82, 2.24) is 9.88 Å². The lowest BCUT2D eigenvalue weighted by molar-refractivity contribution is 0.0779. The van der Waals surface area contributed by atoms with Gasteiger partial charge in [-0.1, -0.05) is 30.3 Å². The van der Waals surface area contributed by atoms with Crippen LogP contribution < -0.4 is 5.73 Å². The number of amides is 2. The summed E-state index contributed by atoms with van der Waals surface area (Å²) in [5, 5.41) is 0. The van der Waals surface area contributed by atoms with Crippen molar-refractivity contribution >= 4 is 11.8 Å². The summed E-state index contributed by atoms with van der Waals surface area (Å²) in [5.41, 5.74) is 7.94. The Kier molecular flexibility index (Phi) is 4.60. The van der Waals surface area contributed by atoms with Crippen LogP contribution in [0.1, 0.15) is 44.9 Å². The maximum absolute atomic E-state index is 12.5. The van der Waals surface area contributed by atoms with Crippen molar-refractivity contribution in [2.45, 2.75) is 31.7 Å². The van der Waals surface area contributed by atoms with E-state index in [0.717, 1.165) is 19.3 Å². The van der Waals surface area contributed by atoms with E-state index in [1.54, 1.807) is 18.0 Å². The number of hydrogen-bond donors (Lipinski definition) is 1. The molecular formula is C19H21N3O2. The fraction of sp³-hybridized carbons (Fsp3) is 0.316. The van der Waals surface area contributed by atoms with Crippen LogP contribution in [0, 0.1) is 0 Å². The Morgan fingerprint density at radius 2 is 1.88 bits per heavy atom. The van der Waals surface area contributed by atoms with Gasteiger partial charge in [-0.25, -0.2) is 4.98 Å². The van der Waals surface area contributed by atoms with Gasteiger partial charge in [-0.3, -0.25) is 9.59 Å². The Balaban J connectivity index is 1.82. The van der Waals surface area contributed by atoms with Crippen molar-refractivity contribution in [2.75, 3.05) is 7.05 Å². The summed E-state index contributed by atoms with van der Waals surface area (Å²) in [6.45, 7) is 0. The minimum Gasteiger partial charge on any atom is -0.366 e. The monoisotopic (exact) mass is 323 g/mol. The Hall–Kier alpha value is -2.69. The molecule has 5 nitrogen and oxygen atoms in total. The molecule has 0 radical (unpaired) electrons. The SMILES string of the molecule is CN(C(=O)c1cc(C(N)=O)cc(CCc2ccccc2)n1)C1CC1. The third kappa shape index (κ3) is 3.79. The number of rotatable bonds is 6. The number of primary amides is 1. The maximum Gasteiger partial charge on any atom is 0.272 e. The fourth-order valence-corrected chi connectivity index (χ4v) is 2.69. The average Bonchev–Trinajstić information content (AvgIpc) is 3.44. The second kappa shape index (κ2) is 6.83. The van der Waals surface area contributed by atoms with Crippen molar-refractivity contribution in [3.05, 3.63) is 65.0 Å². The highest BCUT2D eigenvalue weighted by atomic mass is 16.2. The van der Waals surface area contributed by atoms with Crippen LogP contribution in [0.5, 0.6) is 0 Å². The average molecular weight is 323 g/mol. The molecular weight excluding hydrogens is 302 g/mol. The molecule has 0 spiro atoms. The first-order valence-corrected chi connectivity index (χ1v) is 8.16. The first kappa shape index (κ1) is 16.2. The Bertz CT molecular complexity index is 754. The van der Waals surface area contributed by atoms with Crippen LogP contribution in [0.25, 0.3) is 0 Å². The molecule has 0 aliphatic heterocycles. The molecule has 0 saturated heterocycles. The zero-order valence-corrected chi connectivity index (χ0v) is 13.7. The van der Waals surface area contributed by atoms with Crippen molar-refractivity contribution in [3.63, 3.8) is 0 Å². The first-order chi connectivity index (χ1) is 11.5. The summed E-state index contributed by atoms with van der Waals surface area (Å²) in [6.07, 6.45) is 3.50. The number of nitrogens with zero attached hydrogens (tertiary/aromatic N) is 2. The standard InChI is InChI=1S/C19H21N3O2/c1-22(16-9-10-16)19(24)17-12-14(18(20)23)11-15(21-17)8-7-13-5-3-2-4-6-13/h2-6,11-12,16H,7-10H2,1H3,(H2,20,23). The van der Waals surface area contributed by atoms with Crippen molar-refractivity contribution in [1.29, 1.82) is 0 Å². The first-order valence-electron chi connectivity index (χ1n) is 8.16. The lowest BCUT2D eigenvalue weighted by atomic mass is 10.1. The summed E-state index contributed by atoms with van der Waals surface area (Å²) in [4.78, 5) is 30.3. The molecule has 2 amide bonds. The molecule has 124 valence electrons. The lowest BCUT2D eigenvalue weighted by Gasteiger charge is -2.16. The van der Waals surface area contributed by atoms with E-state index < -0.39 is 5.91 Å². The second-order valence-corrected chi connectivity index (χ2v) is 6.23. The second-order valence-electron chi connectivity index (χ2n) is 6.23. The summed E-state index contributed by atoms with van der Waals surface area (Å²) in [6, 6.07) is 13.5. The minimum absolute atomic E-state index is 0.151. The van der Waals surface area contributed by atoms with E-state index in [0.29, 0.717) is 29.4 Å². The number of carbonyl (C=O) groups is 2. The summed E-state index contributed by atoms with van der Waals surface area (Å²) >= 11 is 0. The molecule has 1 fully saturated rings. The van der Waals surface area contributed by atoms with Gasteiger partial charge in [0.2, 0.25) is 5.91 Å². The van der Waals surface area contributed by atoms with Crippen molar-refractivity contribution < 1.29 is 9.59 Å². The molecule has 1 aliphatic carbocycles. The smallest absolute Gasteiger partial charge is 0.272 e. The number of pyridine rings is 1. The highest BCUT2D eigenvalue weighted by Gasteiger charge is 2.31. The van der Waals surface area contributed by atoms with Gasteiger partial charge in [-0.15, -0.1) is 0 Å². The zero-order chi connectivity index (χ0) is 17.1. The largest absolute Gasteiger partial charge is 0.366 e. The van der Waals surface area contributed by atoms with E-state index in [2.05, 4.69) is 4.98 Å². The molecule has 0 unspecified atom stereocenters. The molecule has 2 aromatic rings. The zero-order valence-electron chi connectivity index (χ0n) is 13.7. The Labute approximate surface area is 141 Å². The summed E-state index contributed by atoms with van der Waals surface area (Å²) in [7, 11) is 1.78. The van der Waals surface area contributed by atoms with Gasteiger partial charge in [-0.05, 0) is 43.4 Å². The quantitative estimate of drug-likeness (QED) is 0.885. The van der Waals surface area contributed by atoms with E-state index in [1.807, 2.05) is 30.3 Å². The van der Waals surface area contributed by atoms with Gasteiger partial charge in [0.1, 0.15) is 5.69 Å². The molecule has 1 aromatic heterocycles. The Morgan fingerprint density at radius 1 is 1.17 bits per heavy atom. The number of benzene rings is 1. The molecule has 2 N–H and O–H groups in total. The number of aryl methyl sites for hydroxylation is 2. The fourth-order valence-electron chi connectivity index (χ4n) is 2.69. The predicted molar refractivity (Wildman–Crippen MR) is 91.7 cm³/mol. The maximum atomic E-state index is 12.5. The van der Waals surface area contributed by atoms with Gasteiger partial charge < -0.3 is 10.6 Å².